The monoisotopic (exact) mass is 373 g/mol. The number of hydrogen-bond acceptors (Lipinski definition) is 4. The van der Waals surface area contributed by atoms with Crippen molar-refractivity contribution in [3.63, 3.8) is 0 Å². The number of amides is 1. The van der Waals surface area contributed by atoms with Gasteiger partial charge in [-0.2, -0.15) is 4.98 Å². The second-order valence-electron chi connectivity index (χ2n) is 5.82. The number of nitrogens with one attached hydrogen (secondary N) is 1. The number of benzene rings is 2. The Balaban J connectivity index is 1.59. The van der Waals surface area contributed by atoms with E-state index in [1.54, 1.807) is 18.2 Å². The SMILES string of the molecule is O=C1CCc2cc(Cc3nc(-c4c(Cl)cccc4Cl)no3)ccc2N1. The maximum Gasteiger partial charge on any atom is 0.231 e. The van der Waals surface area contributed by atoms with E-state index in [-0.39, 0.29) is 5.91 Å². The van der Waals surface area contributed by atoms with Crippen molar-refractivity contribution < 1.29 is 9.32 Å². The highest BCUT2D eigenvalue weighted by Gasteiger charge is 2.17. The van der Waals surface area contributed by atoms with Crippen LogP contribution < -0.4 is 5.32 Å². The Morgan fingerprint density at radius 3 is 2.72 bits per heavy atom. The molecular formula is C18H13Cl2N3O2. The zero-order valence-electron chi connectivity index (χ0n) is 13.1. The van der Waals surface area contributed by atoms with Crippen LogP contribution in [0, 0.1) is 0 Å². The average molecular weight is 374 g/mol. The molecule has 2 heterocycles. The maximum atomic E-state index is 11.4. The van der Waals surface area contributed by atoms with Crippen molar-refractivity contribution in [2.75, 3.05) is 5.32 Å². The van der Waals surface area contributed by atoms with Gasteiger partial charge in [0.05, 0.1) is 22.0 Å². The van der Waals surface area contributed by atoms with Crippen LogP contribution in [0.25, 0.3) is 11.4 Å². The lowest BCUT2D eigenvalue weighted by Crippen LogP contribution is -2.18. The first-order valence-corrected chi connectivity index (χ1v) is 8.54. The molecule has 0 saturated carbocycles. The summed E-state index contributed by atoms with van der Waals surface area (Å²) in [6, 6.07) is 11.1. The summed E-state index contributed by atoms with van der Waals surface area (Å²) in [5.41, 5.74) is 3.59. The van der Waals surface area contributed by atoms with Gasteiger partial charge in [0.2, 0.25) is 17.6 Å². The second kappa shape index (κ2) is 6.50. The molecule has 1 amide bonds. The summed E-state index contributed by atoms with van der Waals surface area (Å²) < 4.78 is 5.35. The predicted octanol–water partition coefficient (Wildman–Crippen LogP) is 4.52. The van der Waals surface area contributed by atoms with Gasteiger partial charge in [0.15, 0.2) is 0 Å². The normalized spacial score (nSPS) is 13.4. The van der Waals surface area contributed by atoms with E-state index in [9.17, 15) is 4.79 Å². The number of aromatic nitrogens is 2. The van der Waals surface area contributed by atoms with Gasteiger partial charge in [-0.1, -0.05) is 46.6 Å². The molecule has 0 saturated heterocycles. The van der Waals surface area contributed by atoms with Crippen LogP contribution in [-0.4, -0.2) is 16.0 Å². The summed E-state index contributed by atoms with van der Waals surface area (Å²) in [5.74, 6) is 0.903. The Bertz CT molecular complexity index is 948. The van der Waals surface area contributed by atoms with E-state index in [0.717, 1.165) is 23.2 Å². The second-order valence-corrected chi connectivity index (χ2v) is 6.64. The smallest absolute Gasteiger partial charge is 0.231 e. The maximum absolute atomic E-state index is 11.4. The summed E-state index contributed by atoms with van der Waals surface area (Å²) in [6.07, 6.45) is 1.74. The Labute approximate surface area is 154 Å². The molecule has 0 atom stereocenters. The fraction of sp³-hybridized carbons (Fsp3) is 0.167. The molecule has 1 aliphatic rings. The molecular weight excluding hydrogens is 361 g/mol. The Hall–Kier alpha value is -2.37. The third-order valence-corrected chi connectivity index (χ3v) is 4.70. The molecule has 3 aromatic rings. The average Bonchev–Trinajstić information content (AvgIpc) is 3.03. The van der Waals surface area contributed by atoms with Crippen LogP contribution in [0.1, 0.15) is 23.4 Å². The van der Waals surface area contributed by atoms with Crippen molar-refractivity contribution in [3.8, 4) is 11.4 Å². The number of fused-ring (bicyclic) bond motifs is 1. The fourth-order valence-corrected chi connectivity index (χ4v) is 3.43. The van der Waals surface area contributed by atoms with Gasteiger partial charge in [-0.05, 0) is 35.7 Å². The van der Waals surface area contributed by atoms with Crippen molar-refractivity contribution in [1.82, 2.24) is 10.1 Å². The number of carbonyl (C=O) groups excluding carboxylic acids is 1. The first kappa shape index (κ1) is 16.1. The van der Waals surface area contributed by atoms with Crippen LogP contribution in [0.5, 0.6) is 0 Å². The van der Waals surface area contributed by atoms with Gasteiger partial charge in [0.1, 0.15) is 0 Å². The van der Waals surface area contributed by atoms with Crippen LogP contribution in [0.4, 0.5) is 5.69 Å². The molecule has 0 radical (unpaired) electrons. The molecule has 5 nitrogen and oxygen atoms in total. The number of nitrogens with zero attached hydrogens (tertiary/aromatic N) is 2. The minimum atomic E-state index is 0.0541. The molecule has 1 aliphatic heterocycles. The Kier molecular flexibility index (Phi) is 4.19. The minimum Gasteiger partial charge on any atom is -0.339 e. The van der Waals surface area contributed by atoms with E-state index in [1.165, 1.54) is 0 Å². The number of hydrogen-bond donors (Lipinski definition) is 1. The number of aryl methyl sites for hydroxylation is 1. The third kappa shape index (κ3) is 3.25. The summed E-state index contributed by atoms with van der Waals surface area (Å²) in [4.78, 5) is 15.8. The molecule has 0 fully saturated rings. The zero-order valence-corrected chi connectivity index (χ0v) is 14.6. The first-order chi connectivity index (χ1) is 12.1. The molecule has 25 heavy (non-hydrogen) atoms. The molecule has 4 rings (SSSR count). The molecule has 126 valence electrons. The van der Waals surface area contributed by atoms with E-state index >= 15 is 0 Å². The van der Waals surface area contributed by atoms with Crippen LogP contribution in [0.2, 0.25) is 10.0 Å². The summed E-state index contributed by atoms with van der Waals surface area (Å²) in [5, 5.41) is 7.81. The van der Waals surface area contributed by atoms with Gasteiger partial charge in [-0.15, -0.1) is 0 Å². The summed E-state index contributed by atoms with van der Waals surface area (Å²) in [7, 11) is 0. The highest BCUT2D eigenvalue weighted by Crippen LogP contribution is 2.33. The van der Waals surface area contributed by atoms with Crippen LogP contribution in [0.15, 0.2) is 40.9 Å². The largest absolute Gasteiger partial charge is 0.339 e. The molecule has 7 heteroatoms. The highest BCUT2D eigenvalue weighted by molar-refractivity contribution is 6.38. The molecule has 0 bridgehead atoms. The van der Waals surface area contributed by atoms with Gasteiger partial charge in [-0.25, -0.2) is 0 Å². The zero-order chi connectivity index (χ0) is 17.4. The van der Waals surface area contributed by atoms with E-state index in [0.29, 0.717) is 40.2 Å². The van der Waals surface area contributed by atoms with Crippen molar-refractivity contribution in [2.45, 2.75) is 19.3 Å². The number of anilines is 1. The van der Waals surface area contributed by atoms with E-state index < -0.39 is 0 Å². The lowest BCUT2D eigenvalue weighted by atomic mass is 9.99. The quantitative estimate of drug-likeness (QED) is 0.732. The molecule has 1 N–H and O–H groups in total. The van der Waals surface area contributed by atoms with Crippen LogP contribution >= 0.6 is 23.2 Å². The fourth-order valence-electron chi connectivity index (χ4n) is 2.86. The third-order valence-electron chi connectivity index (χ3n) is 4.07. The lowest BCUT2D eigenvalue weighted by Gasteiger charge is -2.17. The highest BCUT2D eigenvalue weighted by atomic mass is 35.5. The van der Waals surface area contributed by atoms with Crippen molar-refractivity contribution >= 4 is 34.8 Å². The first-order valence-electron chi connectivity index (χ1n) is 7.79. The standard InChI is InChI=1S/C18H13Cl2N3O2/c19-12-2-1-3-13(20)17(12)18-22-16(25-23-18)9-10-4-6-14-11(8-10)5-7-15(24)21-14/h1-4,6,8H,5,7,9H2,(H,21,24). The molecule has 1 aromatic heterocycles. The van der Waals surface area contributed by atoms with Gasteiger partial charge >= 0.3 is 0 Å². The Morgan fingerprint density at radius 1 is 1.12 bits per heavy atom. The van der Waals surface area contributed by atoms with Crippen molar-refractivity contribution in [2.24, 2.45) is 0 Å². The van der Waals surface area contributed by atoms with Crippen molar-refractivity contribution in [3.05, 3.63) is 63.5 Å². The number of rotatable bonds is 3. The molecule has 2 aromatic carbocycles. The summed E-state index contributed by atoms with van der Waals surface area (Å²) >= 11 is 12.4. The van der Waals surface area contributed by atoms with Gasteiger partial charge in [0, 0.05) is 12.1 Å². The predicted molar refractivity (Wildman–Crippen MR) is 96.0 cm³/mol. The van der Waals surface area contributed by atoms with E-state index in [2.05, 4.69) is 21.5 Å². The number of halogens is 2. The summed E-state index contributed by atoms with van der Waals surface area (Å²) in [6.45, 7) is 0. The lowest BCUT2D eigenvalue weighted by molar-refractivity contribution is -0.116. The minimum absolute atomic E-state index is 0.0541. The van der Waals surface area contributed by atoms with Gasteiger partial charge < -0.3 is 9.84 Å². The molecule has 0 aliphatic carbocycles. The van der Waals surface area contributed by atoms with E-state index in [1.807, 2.05) is 12.1 Å². The van der Waals surface area contributed by atoms with Gasteiger partial charge in [-0.3, -0.25) is 4.79 Å². The number of carbonyl (C=O) groups is 1. The molecule has 0 spiro atoms. The van der Waals surface area contributed by atoms with E-state index in [4.69, 9.17) is 27.7 Å². The van der Waals surface area contributed by atoms with Crippen LogP contribution in [-0.2, 0) is 17.6 Å². The topological polar surface area (TPSA) is 68.0 Å². The molecule has 0 unspecified atom stereocenters. The Morgan fingerprint density at radius 2 is 1.92 bits per heavy atom. The van der Waals surface area contributed by atoms with Crippen LogP contribution in [0.3, 0.4) is 0 Å². The van der Waals surface area contributed by atoms with Crippen molar-refractivity contribution in [1.29, 1.82) is 0 Å². The van der Waals surface area contributed by atoms with Gasteiger partial charge in [0.25, 0.3) is 0 Å².